The van der Waals surface area contributed by atoms with E-state index in [1.165, 1.54) is 31.2 Å². The van der Waals surface area contributed by atoms with Crippen LogP contribution in [0, 0.1) is 11.8 Å². The van der Waals surface area contributed by atoms with Gasteiger partial charge in [-0.1, -0.05) is 37.3 Å². The summed E-state index contributed by atoms with van der Waals surface area (Å²) in [6, 6.07) is 10.1. The Kier molecular flexibility index (Phi) is 5.54. The Hall–Kier alpha value is -1.84. The van der Waals surface area contributed by atoms with E-state index >= 15 is 0 Å². The van der Waals surface area contributed by atoms with Gasteiger partial charge in [0.1, 0.15) is 0 Å². The molecule has 4 nitrogen and oxygen atoms in total. The highest BCUT2D eigenvalue weighted by molar-refractivity contribution is 5.78. The molecule has 0 saturated heterocycles. The maximum absolute atomic E-state index is 12.2. The predicted molar refractivity (Wildman–Crippen MR) is 94.5 cm³/mol. The van der Waals surface area contributed by atoms with Crippen molar-refractivity contribution in [3.63, 3.8) is 0 Å². The van der Waals surface area contributed by atoms with Crippen molar-refractivity contribution < 1.29 is 9.59 Å². The fourth-order valence-electron chi connectivity index (χ4n) is 3.07. The second-order valence-electron chi connectivity index (χ2n) is 7.47. The van der Waals surface area contributed by atoms with E-state index in [1.807, 2.05) is 18.2 Å². The molecular weight excluding hydrogens is 300 g/mol. The van der Waals surface area contributed by atoms with Gasteiger partial charge in [-0.2, -0.15) is 0 Å². The van der Waals surface area contributed by atoms with E-state index in [2.05, 4.69) is 29.7 Å². The third kappa shape index (κ3) is 5.36. The number of hydrogen-bond acceptors (Lipinski definition) is 2. The van der Waals surface area contributed by atoms with Gasteiger partial charge in [0.05, 0.1) is 6.04 Å². The maximum Gasteiger partial charge on any atom is 0.220 e. The van der Waals surface area contributed by atoms with Crippen LogP contribution in [-0.2, 0) is 9.59 Å². The number of amides is 2. The molecule has 2 fully saturated rings. The highest BCUT2D eigenvalue weighted by Gasteiger charge is 2.28. The lowest BCUT2D eigenvalue weighted by atomic mass is 9.93. The zero-order valence-electron chi connectivity index (χ0n) is 14.5. The molecule has 0 bridgehead atoms. The lowest BCUT2D eigenvalue weighted by Gasteiger charge is -2.26. The summed E-state index contributed by atoms with van der Waals surface area (Å²) in [6.45, 7) is 2.61. The molecule has 2 aliphatic carbocycles. The minimum Gasteiger partial charge on any atom is -0.354 e. The smallest absolute Gasteiger partial charge is 0.220 e. The summed E-state index contributed by atoms with van der Waals surface area (Å²) in [5, 5.41) is 6.18. The van der Waals surface area contributed by atoms with E-state index in [0.29, 0.717) is 31.2 Å². The van der Waals surface area contributed by atoms with E-state index in [-0.39, 0.29) is 23.8 Å². The van der Waals surface area contributed by atoms with Crippen LogP contribution < -0.4 is 10.6 Å². The minimum atomic E-state index is -0.0678. The number of rotatable bonds is 9. The third-order valence-electron chi connectivity index (χ3n) is 5.14. The first kappa shape index (κ1) is 17.0. The SMILES string of the molecule is C[C@@H](c1ccccc1)[C@H](CNC(=O)CC1CC1)NC(=O)CC1CC1. The van der Waals surface area contributed by atoms with Crippen LogP contribution in [0.2, 0.25) is 0 Å². The van der Waals surface area contributed by atoms with Crippen molar-refractivity contribution in [2.45, 2.75) is 57.4 Å². The van der Waals surface area contributed by atoms with Crippen LogP contribution in [0.4, 0.5) is 0 Å². The molecule has 0 unspecified atom stereocenters. The van der Waals surface area contributed by atoms with Gasteiger partial charge in [-0.15, -0.1) is 0 Å². The number of benzene rings is 1. The molecule has 0 aromatic heterocycles. The highest BCUT2D eigenvalue weighted by atomic mass is 16.2. The van der Waals surface area contributed by atoms with Gasteiger partial charge in [0.25, 0.3) is 0 Å². The lowest BCUT2D eigenvalue weighted by Crippen LogP contribution is -2.46. The molecule has 2 aliphatic rings. The molecule has 24 heavy (non-hydrogen) atoms. The molecular formula is C20H28N2O2. The quantitative estimate of drug-likeness (QED) is 0.732. The van der Waals surface area contributed by atoms with E-state index < -0.39 is 0 Å². The van der Waals surface area contributed by atoms with Crippen molar-refractivity contribution in [1.82, 2.24) is 10.6 Å². The summed E-state index contributed by atoms with van der Waals surface area (Å²) < 4.78 is 0. The Labute approximate surface area is 144 Å². The van der Waals surface area contributed by atoms with Crippen LogP contribution in [0.5, 0.6) is 0 Å². The van der Waals surface area contributed by atoms with Crippen molar-refractivity contribution in [2.75, 3.05) is 6.54 Å². The van der Waals surface area contributed by atoms with E-state index in [4.69, 9.17) is 0 Å². The molecule has 0 aliphatic heterocycles. The Morgan fingerprint density at radius 3 is 2.17 bits per heavy atom. The third-order valence-corrected chi connectivity index (χ3v) is 5.14. The lowest BCUT2D eigenvalue weighted by molar-refractivity contribution is -0.124. The summed E-state index contributed by atoms with van der Waals surface area (Å²) >= 11 is 0. The van der Waals surface area contributed by atoms with E-state index in [0.717, 1.165) is 0 Å². The molecule has 3 rings (SSSR count). The maximum atomic E-state index is 12.2. The Morgan fingerprint density at radius 2 is 1.58 bits per heavy atom. The highest BCUT2D eigenvalue weighted by Crippen LogP contribution is 2.33. The summed E-state index contributed by atoms with van der Waals surface area (Å²) in [7, 11) is 0. The van der Waals surface area contributed by atoms with Gasteiger partial charge in [0, 0.05) is 25.3 Å². The summed E-state index contributed by atoms with van der Waals surface area (Å²) in [5.41, 5.74) is 1.19. The zero-order valence-corrected chi connectivity index (χ0v) is 14.5. The normalized spacial score (nSPS) is 19.4. The fraction of sp³-hybridized carbons (Fsp3) is 0.600. The summed E-state index contributed by atoms with van der Waals surface area (Å²) in [6.07, 6.45) is 5.94. The van der Waals surface area contributed by atoms with Gasteiger partial charge >= 0.3 is 0 Å². The van der Waals surface area contributed by atoms with Crippen molar-refractivity contribution in [3.8, 4) is 0 Å². The fourth-order valence-corrected chi connectivity index (χ4v) is 3.07. The van der Waals surface area contributed by atoms with Gasteiger partial charge in [-0.05, 0) is 43.1 Å². The van der Waals surface area contributed by atoms with Gasteiger partial charge in [-0.25, -0.2) is 0 Å². The van der Waals surface area contributed by atoms with Gasteiger partial charge in [0.15, 0.2) is 0 Å². The van der Waals surface area contributed by atoms with Crippen LogP contribution >= 0.6 is 0 Å². The van der Waals surface area contributed by atoms with Gasteiger partial charge in [0.2, 0.25) is 11.8 Å². The Balaban J connectivity index is 1.57. The molecule has 1 aromatic carbocycles. The molecule has 0 radical (unpaired) electrons. The average molecular weight is 328 g/mol. The second-order valence-corrected chi connectivity index (χ2v) is 7.47. The van der Waals surface area contributed by atoms with Crippen LogP contribution in [0.15, 0.2) is 30.3 Å². The molecule has 2 amide bonds. The molecule has 0 heterocycles. The molecule has 2 saturated carbocycles. The monoisotopic (exact) mass is 328 g/mol. The predicted octanol–water partition coefficient (Wildman–Crippen LogP) is 2.99. The Morgan fingerprint density at radius 1 is 1.00 bits per heavy atom. The zero-order chi connectivity index (χ0) is 16.9. The Bertz CT molecular complexity index is 564. The van der Waals surface area contributed by atoms with Crippen LogP contribution in [0.3, 0.4) is 0 Å². The number of carbonyl (C=O) groups is 2. The van der Waals surface area contributed by atoms with Crippen molar-refractivity contribution in [3.05, 3.63) is 35.9 Å². The summed E-state index contributed by atoms with van der Waals surface area (Å²) in [5.74, 6) is 1.54. The first-order valence-electron chi connectivity index (χ1n) is 9.23. The van der Waals surface area contributed by atoms with Crippen LogP contribution in [0.25, 0.3) is 0 Å². The number of carbonyl (C=O) groups excluding carboxylic acids is 2. The van der Waals surface area contributed by atoms with E-state index in [1.54, 1.807) is 0 Å². The van der Waals surface area contributed by atoms with E-state index in [9.17, 15) is 9.59 Å². The number of nitrogens with one attached hydrogen (secondary N) is 2. The minimum absolute atomic E-state index is 0.0678. The average Bonchev–Trinajstić information content (AvgIpc) is 3.49. The first-order chi connectivity index (χ1) is 11.6. The molecule has 2 atom stereocenters. The molecule has 2 N–H and O–H groups in total. The first-order valence-corrected chi connectivity index (χ1v) is 9.23. The second kappa shape index (κ2) is 7.82. The van der Waals surface area contributed by atoms with Gasteiger partial charge in [-0.3, -0.25) is 9.59 Å². The van der Waals surface area contributed by atoms with Crippen molar-refractivity contribution >= 4 is 11.8 Å². The van der Waals surface area contributed by atoms with Crippen molar-refractivity contribution in [1.29, 1.82) is 0 Å². The standard InChI is InChI=1S/C20H28N2O2/c1-14(17-5-3-2-4-6-17)18(22-20(24)12-16-9-10-16)13-21-19(23)11-15-7-8-15/h2-6,14-16,18H,7-13H2,1H3,(H,21,23)(H,22,24)/t14-,18-/m0/s1. The van der Waals surface area contributed by atoms with Crippen LogP contribution in [0.1, 0.15) is 56.9 Å². The number of hydrogen-bond donors (Lipinski definition) is 2. The molecule has 1 aromatic rings. The van der Waals surface area contributed by atoms with Crippen molar-refractivity contribution in [2.24, 2.45) is 11.8 Å². The topological polar surface area (TPSA) is 58.2 Å². The van der Waals surface area contributed by atoms with Gasteiger partial charge < -0.3 is 10.6 Å². The summed E-state index contributed by atoms with van der Waals surface area (Å²) in [4.78, 5) is 24.3. The molecule has 130 valence electrons. The largest absolute Gasteiger partial charge is 0.354 e. The molecule has 0 spiro atoms. The molecule has 4 heteroatoms. The van der Waals surface area contributed by atoms with Crippen LogP contribution in [-0.4, -0.2) is 24.4 Å².